The van der Waals surface area contributed by atoms with Gasteiger partial charge in [-0.25, -0.2) is 30.0 Å². The van der Waals surface area contributed by atoms with Gasteiger partial charge < -0.3 is 5.73 Å². The second kappa shape index (κ2) is 9.49. The SMILES string of the molecule is CC(C)S(=O)(=O)NC[C@@H]1CCCN1S(=O)(=O)c1cccc(S(=O)(=O)c2ccc(CN)s2)c1. The Morgan fingerprint density at radius 3 is 2.41 bits per heavy atom. The maximum absolute atomic E-state index is 13.3. The smallest absolute Gasteiger partial charge is 0.243 e. The average Bonchev–Trinajstić information content (AvgIpc) is 3.42. The molecular weight excluding hydrogens is 494 g/mol. The maximum Gasteiger partial charge on any atom is 0.243 e. The van der Waals surface area contributed by atoms with E-state index in [-0.39, 0.29) is 33.6 Å². The van der Waals surface area contributed by atoms with Gasteiger partial charge in [-0.1, -0.05) is 6.07 Å². The lowest BCUT2D eigenvalue weighted by Gasteiger charge is -2.25. The lowest BCUT2D eigenvalue weighted by Crippen LogP contribution is -2.44. The zero-order valence-electron chi connectivity index (χ0n) is 17.8. The van der Waals surface area contributed by atoms with Crippen molar-refractivity contribution < 1.29 is 25.3 Å². The number of nitrogens with zero attached hydrogens (tertiary/aromatic N) is 1. The lowest BCUT2D eigenvalue weighted by molar-refractivity contribution is 0.384. The summed E-state index contributed by atoms with van der Waals surface area (Å²) in [6.07, 6.45) is 1.09. The van der Waals surface area contributed by atoms with Crippen LogP contribution in [0.2, 0.25) is 0 Å². The maximum atomic E-state index is 13.3. The predicted molar refractivity (Wildman–Crippen MR) is 123 cm³/mol. The van der Waals surface area contributed by atoms with E-state index in [0.29, 0.717) is 17.7 Å². The van der Waals surface area contributed by atoms with Crippen LogP contribution in [0.5, 0.6) is 0 Å². The monoisotopic (exact) mass is 521 g/mol. The molecule has 3 N–H and O–H groups in total. The van der Waals surface area contributed by atoms with Gasteiger partial charge in [0.1, 0.15) is 4.21 Å². The first-order chi connectivity index (χ1) is 14.9. The largest absolute Gasteiger partial charge is 0.326 e. The Labute approximate surface area is 193 Å². The number of sulfone groups is 1. The molecule has 0 radical (unpaired) electrons. The van der Waals surface area contributed by atoms with Crippen LogP contribution in [-0.4, -0.2) is 53.9 Å². The fourth-order valence-electron chi connectivity index (χ4n) is 3.37. The summed E-state index contributed by atoms with van der Waals surface area (Å²) < 4.78 is 80.6. The molecule has 0 bridgehead atoms. The van der Waals surface area contributed by atoms with Gasteiger partial charge in [-0.15, -0.1) is 11.3 Å². The average molecular weight is 522 g/mol. The third-order valence-corrected chi connectivity index (χ3v) is 12.4. The van der Waals surface area contributed by atoms with Crippen LogP contribution in [0.25, 0.3) is 0 Å². The van der Waals surface area contributed by atoms with Gasteiger partial charge in [0, 0.05) is 30.6 Å². The van der Waals surface area contributed by atoms with Gasteiger partial charge in [0.2, 0.25) is 29.9 Å². The summed E-state index contributed by atoms with van der Waals surface area (Å²) in [6, 6.07) is 7.80. The second-order valence-corrected chi connectivity index (χ2v) is 15.3. The molecule has 2 heterocycles. The molecule has 0 spiro atoms. The number of rotatable bonds is 9. The van der Waals surface area contributed by atoms with Crippen molar-refractivity contribution >= 4 is 41.2 Å². The highest BCUT2D eigenvalue weighted by Gasteiger charge is 2.36. The fraction of sp³-hybridized carbons (Fsp3) is 0.474. The van der Waals surface area contributed by atoms with Crippen LogP contribution in [0.1, 0.15) is 31.6 Å². The minimum atomic E-state index is -4.02. The molecule has 1 aromatic heterocycles. The Morgan fingerprint density at radius 1 is 1.09 bits per heavy atom. The zero-order chi connectivity index (χ0) is 23.7. The van der Waals surface area contributed by atoms with Crippen LogP contribution in [0.4, 0.5) is 0 Å². The number of benzene rings is 1. The summed E-state index contributed by atoms with van der Waals surface area (Å²) in [4.78, 5) is 0.434. The van der Waals surface area contributed by atoms with E-state index in [1.807, 2.05) is 0 Å². The standard InChI is InChI=1S/C19H27N3O6S4/c1-14(2)31(25,26)21-13-15-5-4-10-22(15)32(27,28)18-7-3-6-17(11-18)30(23,24)19-9-8-16(12-20)29-19/h3,6-9,11,14-15,21H,4-5,10,12-13,20H2,1-2H3/t15-/m0/s1. The van der Waals surface area contributed by atoms with Gasteiger partial charge in [-0.2, -0.15) is 4.31 Å². The molecule has 1 aliphatic rings. The summed E-state index contributed by atoms with van der Waals surface area (Å²) in [6.45, 7) is 3.50. The molecule has 3 rings (SSSR count). The van der Waals surface area contributed by atoms with Crippen molar-refractivity contribution in [1.29, 1.82) is 0 Å². The summed E-state index contributed by atoms with van der Waals surface area (Å²) in [7, 11) is -11.5. The third-order valence-electron chi connectivity index (χ3n) is 5.29. The van der Waals surface area contributed by atoms with Gasteiger partial charge >= 0.3 is 0 Å². The molecule has 0 saturated carbocycles. The highest BCUT2D eigenvalue weighted by atomic mass is 32.2. The number of nitrogens with one attached hydrogen (secondary N) is 1. The van der Waals surface area contributed by atoms with E-state index in [1.165, 1.54) is 28.6 Å². The highest BCUT2D eigenvalue weighted by Crippen LogP contribution is 2.31. The van der Waals surface area contributed by atoms with E-state index < -0.39 is 41.2 Å². The normalized spacial score (nSPS) is 18.4. The molecule has 9 nitrogen and oxygen atoms in total. The van der Waals surface area contributed by atoms with Crippen molar-refractivity contribution in [3.8, 4) is 0 Å². The van der Waals surface area contributed by atoms with Crippen molar-refractivity contribution in [2.75, 3.05) is 13.1 Å². The Hall–Kier alpha value is -1.35. The Balaban J connectivity index is 1.89. The van der Waals surface area contributed by atoms with Crippen molar-refractivity contribution in [2.45, 2.75) is 58.5 Å². The summed E-state index contributed by atoms with van der Waals surface area (Å²) >= 11 is 1.05. The quantitative estimate of drug-likeness (QED) is 0.509. The first-order valence-corrected chi connectivity index (χ1v) is 15.3. The molecule has 32 heavy (non-hydrogen) atoms. The van der Waals surface area contributed by atoms with Crippen molar-refractivity contribution in [1.82, 2.24) is 9.03 Å². The molecule has 0 aliphatic carbocycles. The van der Waals surface area contributed by atoms with Gasteiger partial charge in [0.25, 0.3) is 0 Å². The molecule has 1 aromatic carbocycles. The van der Waals surface area contributed by atoms with E-state index >= 15 is 0 Å². The van der Waals surface area contributed by atoms with Crippen LogP contribution in [0.15, 0.2) is 50.4 Å². The molecule has 13 heteroatoms. The van der Waals surface area contributed by atoms with Crippen molar-refractivity contribution in [3.05, 3.63) is 41.3 Å². The highest BCUT2D eigenvalue weighted by molar-refractivity contribution is 7.93. The number of sulfonamides is 2. The van der Waals surface area contributed by atoms with Gasteiger partial charge in [0.15, 0.2) is 0 Å². The van der Waals surface area contributed by atoms with Crippen LogP contribution >= 0.6 is 11.3 Å². The van der Waals surface area contributed by atoms with E-state index in [4.69, 9.17) is 5.73 Å². The zero-order valence-corrected chi connectivity index (χ0v) is 21.0. The Kier molecular flexibility index (Phi) is 7.49. The molecule has 1 atom stereocenters. The van der Waals surface area contributed by atoms with Gasteiger partial charge in [0.05, 0.1) is 15.0 Å². The van der Waals surface area contributed by atoms with Crippen LogP contribution in [0, 0.1) is 0 Å². The van der Waals surface area contributed by atoms with E-state index in [0.717, 1.165) is 17.4 Å². The lowest BCUT2D eigenvalue weighted by atomic mass is 10.2. The third kappa shape index (κ3) is 5.08. The first kappa shape index (κ1) is 25.3. The fourth-order valence-corrected chi connectivity index (χ4v) is 8.63. The number of hydrogen-bond donors (Lipinski definition) is 2. The predicted octanol–water partition coefficient (Wildman–Crippen LogP) is 1.52. The van der Waals surface area contributed by atoms with Crippen LogP contribution < -0.4 is 10.5 Å². The summed E-state index contributed by atoms with van der Waals surface area (Å²) in [5, 5.41) is -0.632. The molecule has 1 saturated heterocycles. The van der Waals surface area contributed by atoms with Gasteiger partial charge in [-0.05, 0) is 57.0 Å². The van der Waals surface area contributed by atoms with Crippen molar-refractivity contribution in [3.63, 3.8) is 0 Å². The molecule has 178 valence electrons. The van der Waals surface area contributed by atoms with Crippen LogP contribution in [-0.2, 0) is 36.4 Å². The minimum Gasteiger partial charge on any atom is -0.326 e. The molecule has 1 fully saturated rings. The topological polar surface area (TPSA) is 144 Å². The summed E-state index contributed by atoms with van der Waals surface area (Å²) in [5.41, 5.74) is 5.57. The second-order valence-electron chi connectivity index (χ2n) is 7.76. The molecular formula is C19H27N3O6S4. The minimum absolute atomic E-state index is 0.0329. The summed E-state index contributed by atoms with van der Waals surface area (Å²) in [5.74, 6) is 0. The van der Waals surface area contributed by atoms with Gasteiger partial charge in [-0.3, -0.25) is 0 Å². The Morgan fingerprint density at radius 2 is 1.78 bits per heavy atom. The van der Waals surface area contributed by atoms with Crippen molar-refractivity contribution in [2.24, 2.45) is 5.73 Å². The number of hydrogen-bond acceptors (Lipinski definition) is 8. The van der Waals surface area contributed by atoms with Crippen LogP contribution in [0.3, 0.4) is 0 Å². The number of thiophene rings is 1. The molecule has 2 aromatic rings. The van der Waals surface area contributed by atoms with E-state index in [2.05, 4.69) is 4.72 Å². The molecule has 1 aliphatic heterocycles. The molecule has 0 unspecified atom stereocenters. The van der Waals surface area contributed by atoms with E-state index in [9.17, 15) is 25.3 Å². The number of nitrogens with two attached hydrogens (primary N) is 1. The Bertz CT molecular complexity index is 1280. The van der Waals surface area contributed by atoms with E-state index in [1.54, 1.807) is 19.9 Å². The first-order valence-electron chi connectivity index (χ1n) is 10.0. The molecule has 0 amide bonds.